The van der Waals surface area contributed by atoms with Crippen LogP contribution in [0.1, 0.15) is 40.3 Å². The van der Waals surface area contributed by atoms with Crippen LogP contribution in [-0.2, 0) is 6.18 Å². The number of fused-ring (bicyclic) bond motifs is 1. The molecule has 0 spiro atoms. The van der Waals surface area contributed by atoms with Gasteiger partial charge in [-0.2, -0.15) is 24.9 Å². The molecule has 2 aromatic heterocycles. The van der Waals surface area contributed by atoms with Gasteiger partial charge in [-0.1, -0.05) is 61.3 Å². The van der Waals surface area contributed by atoms with E-state index in [1.807, 2.05) is 13.8 Å². The maximum atomic E-state index is 13.6. The SMILES string of the molecule is CC(C)SCCNC(=O)c1cc2ccccc2c(Cl)c1NC(=O)c1cc(C(F)(F)F)cn1-c1ncccc1Cl. The van der Waals surface area contributed by atoms with Crippen molar-refractivity contribution in [2.75, 3.05) is 17.6 Å². The first-order chi connectivity index (χ1) is 18.5. The second-order valence-corrected chi connectivity index (χ2v) is 11.2. The van der Waals surface area contributed by atoms with E-state index in [0.29, 0.717) is 34.4 Å². The van der Waals surface area contributed by atoms with Gasteiger partial charge in [0.25, 0.3) is 11.8 Å². The largest absolute Gasteiger partial charge is 0.417 e. The second kappa shape index (κ2) is 11.9. The van der Waals surface area contributed by atoms with E-state index in [2.05, 4.69) is 15.6 Å². The van der Waals surface area contributed by atoms with Gasteiger partial charge in [-0.15, -0.1) is 0 Å². The summed E-state index contributed by atoms with van der Waals surface area (Å²) in [7, 11) is 0. The lowest BCUT2D eigenvalue weighted by Gasteiger charge is -2.16. The van der Waals surface area contributed by atoms with E-state index in [9.17, 15) is 22.8 Å². The van der Waals surface area contributed by atoms with Gasteiger partial charge in [-0.05, 0) is 34.9 Å². The number of halogens is 5. The summed E-state index contributed by atoms with van der Waals surface area (Å²) < 4.78 is 41.8. The second-order valence-electron chi connectivity index (χ2n) is 8.75. The lowest BCUT2D eigenvalue weighted by atomic mass is 10.0. The number of pyridine rings is 1. The molecule has 0 saturated heterocycles. The van der Waals surface area contributed by atoms with E-state index in [1.165, 1.54) is 18.3 Å². The minimum Gasteiger partial charge on any atom is -0.351 e. The standard InChI is InChI=1S/C27H23Cl2F3N4O2S/c1-15(2)39-11-10-34-25(37)19-12-16-6-3-4-7-18(16)22(29)23(19)35-26(38)21-13-17(27(30,31)32)14-36(21)24-20(28)8-5-9-33-24/h3-9,12-15H,10-11H2,1-2H3,(H,34,37)(H,35,38). The highest BCUT2D eigenvalue weighted by Crippen LogP contribution is 2.36. The lowest BCUT2D eigenvalue weighted by Crippen LogP contribution is -2.28. The van der Waals surface area contributed by atoms with E-state index < -0.39 is 29.2 Å². The number of amides is 2. The molecule has 6 nitrogen and oxygen atoms in total. The van der Waals surface area contributed by atoms with Gasteiger partial charge in [0.05, 0.1) is 26.9 Å². The highest BCUT2D eigenvalue weighted by molar-refractivity contribution is 7.99. The van der Waals surface area contributed by atoms with Crippen molar-refractivity contribution in [3.63, 3.8) is 0 Å². The molecule has 2 N–H and O–H groups in total. The number of anilines is 1. The monoisotopic (exact) mass is 594 g/mol. The van der Waals surface area contributed by atoms with Crippen LogP contribution < -0.4 is 10.6 Å². The summed E-state index contributed by atoms with van der Waals surface area (Å²) in [4.78, 5) is 30.7. The minimum atomic E-state index is -4.73. The van der Waals surface area contributed by atoms with Crippen LogP contribution in [0.2, 0.25) is 10.0 Å². The predicted octanol–water partition coefficient (Wildman–Crippen LogP) is 7.47. The van der Waals surface area contributed by atoms with E-state index in [-0.39, 0.29) is 27.1 Å². The summed E-state index contributed by atoms with van der Waals surface area (Å²) in [6, 6.07) is 12.2. The Morgan fingerprint density at radius 3 is 2.51 bits per heavy atom. The summed E-state index contributed by atoms with van der Waals surface area (Å²) in [5.74, 6) is -0.814. The van der Waals surface area contributed by atoms with Crippen LogP contribution in [0.25, 0.3) is 16.6 Å². The van der Waals surface area contributed by atoms with Gasteiger partial charge in [0.15, 0.2) is 5.82 Å². The van der Waals surface area contributed by atoms with E-state index in [0.717, 1.165) is 10.8 Å². The molecule has 0 radical (unpaired) electrons. The maximum absolute atomic E-state index is 13.6. The van der Waals surface area contributed by atoms with Crippen molar-refractivity contribution in [1.29, 1.82) is 0 Å². The van der Waals surface area contributed by atoms with Gasteiger partial charge in [0, 0.05) is 30.1 Å². The predicted molar refractivity (Wildman–Crippen MR) is 150 cm³/mol. The molecule has 0 fully saturated rings. The van der Waals surface area contributed by atoms with Crippen LogP contribution in [0.3, 0.4) is 0 Å². The fourth-order valence-electron chi connectivity index (χ4n) is 3.86. The van der Waals surface area contributed by atoms with Gasteiger partial charge < -0.3 is 10.6 Å². The van der Waals surface area contributed by atoms with Crippen molar-refractivity contribution in [1.82, 2.24) is 14.9 Å². The van der Waals surface area contributed by atoms with Gasteiger partial charge >= 0.3 is 6.18 Å². The van der Waals surface area contributed by atoms with Gasteiger partial charge in [-0.3, -0.25) is 14.2 Å². The van der Waals surface area contributed by atoms with Crippen LogP contribution in [0.5, 0.6) is 0 Å². The van der Waals surface area contributed by atoms with Crippen LogP contribution in [0.15, 0.2) is 60.9 Å². The van der Waals surface area contributed by atoms with E-state index >= 15 is 0 Å². The fraction of sp³-hybridized carbons (Fsp3) is 0.222. The van der Waals surface area contributed by atoms with Crippen molar-refractivity contribution in [3.8, 4) is 5.82 Å². The Labute approximate surface area is 236 Å². The summed E-state index contributed by atoms with van der Waals surface area (Å²) in [6.07, 6.45) is -2.65. The Kier molecular flexibility index (Phi) is 8.78. The number of thioether (sulfide) groups is 1. The number of benzene rings is 2. The maximum Gasteiger partial charge on any atom is 0.417 e. The normalized spacial score (nSPS) is 11.7. The molecule has 0 aliphatic rings. The number of hydrogen-bond donors (Lipinski definition) is 2. The molecule has 2 amide bonds. The number of rotatable bonds is 8. The van der Waals surface area contributed by atoms with Gasteiger partial charge in [0.1, 0.15) is 5.69 Å². The molecule has 0 unspecified atom stereocenters. The molecular weight excluding hydrogens is 572 g/mol. The molecule has 4 aromatic rings. The highest BCUT2D eigenvalue weighted by atomic mass is 35.5. The first-order valence-corrected chi connectivity index (χ1v) is 13.6. The minimum absolute atomic E-state index is 0.0252. The van der Waals surface area contributed by atoms with Gasteiger partial charge in [0.2, 0.25) is 0 Å². The molecule has 0 aliphatic heterocycles. The zero-order valence-electron chi connectivity index (χ0n) is 20.8. The van der Waals surface area contributed by atoms with Crippen molar-refractivity contribution >= 4 is 63.2 Å². The number of aromatic nitrogens is 2. The number of hydrogen-bond acceptors (Lipinski definition) is 4. The lowest BCUT2D eigenvalue weighted by molar-refractivity contribution is -0.137. The molecule has 12 heteroatoms. The Balaban J connectivity index is 1.76. The fourth-order valence-corrected chi connectivity index (χ4v) is 5.08. The third-order valence-electron chi connectivity index (χ3n) is 5.66. The highest BCUT2D eigenvalue weighted by Gasteiger charge is 2.35. The average Bonchev–Trinajstić information content (AvgIpc) is 3.34. The van der Waals surface area contributed by atoms with E-state index in [4.69, 9.17) is 23.2 Å². The van der Waals surface area contributed by atoms with Crippen LogP contribution in [-0.4, -0.2) is 38.9 Å². The van der Waals surface area contributed by atoms with Crippen molar-refractivity contribution in [2.24, 2.45) is 0 Å². The molecule has 204 valence electrons. The van der Waals surface area contributed by atoms with Crippen molar-refractivity contribution in [3.05, 3.63) is 87.8 Å². The smallest absolute Gasteiger partial charge is 0.351 e. The van der Waals surface area contributed by atoms with Crippen LogP contribution in [0, 0.1) is 0 Å². The molecule has 2 heterocycles. The van der Waals surface area contributed by atoms with Crippen LogP contribution >= 0.6 is 35.0 Å². The zero-order valence-corrected chi connectivity index (χ0v) is 23.1. The summed E-state index contributed by atoms with van der Waals surface area (Å²) >= 11 is 14.5. The first kappa shape index (κ1) is 28.8. The summed E-state index contributed by atoms with van der Waals surface area (Å²) in [6.45, 7) is 4.46. The molecule has 39 heavy (non-hydrogen) atoms. The Bertz CT molecular complexity index is 1540. The number of nitrogens with zero attached hydrogens (tertiary/aromatic N) is 2. The van der Waals surface area contributed by atoms with Crippen molar-refractivity contribution < 1.29 is 22.8 Å². The third-order valence-corrected chi connectivity index (χ3v) is 7.45. The number of carbonyl (C=O) groups is 2. The first-order valence-electron chi connectivity index (χ1n) is 11.8. The quantitative estimate of drug-likeness (QED) is 0.207. The molecular formula is C27H23Cl2F3N4O2S. The Morgan fingerprint density at radius 1 is 1.08 bits per heavy atom. The third kappa shape index (κ3) is 6.51. The molecule has 0 atom stereocenters. The van der Waals surface area contributed by atoms with E-state index in [1.54, 1.807) is 42.1 Å². The molecule has 0 bridgehead atoms. The topological polar surface area (TPSA) is 76.0 Å². The number of carbonyl (C=O) groups excluding carboxylic acids is 2. The molecule has 0 saturated carbocycles. The van der Waals surface area contributed by atoms with Crippen LogP contribution in [0.4, 0.5) is 18.9 Å². The Hall–Kier alpha value is -3.21. The number of alkyl halides is 3. The number of nitrogens with one attached hydrogen (secondary N) is 2. The summed E-state index contributed by atoms with van der Waals surface area (Å²) in [5.41, 5.74) is -1.42. The zero-order chi connectivity index (χ0) is 28.3. The molecule has 0 aliphatic carbocycles. The molecule has 4 rings (SSSR count). The Morgan fingerprint density at radius 2 is 1.82 bits per heavy atom. The van der Waals surface area contributed by atoms with Crippen molar-refractivity contribution in [2.45, 2.75) is 25.3 Å². The average molecular weight is 595 g/mol. The molecule has 2 aromatic carbocycles. The van der Waals surface area contributed by atoms with Gasteiger partial charge in [-0.25, -0.2) is 4.98 Å². The summed E-state index contributed by atoms with van der Waals surface area (Å²) in [5, 5.41) is 7.11.